The number of aromatic carboxylic acids is 1. The Bertz CT molecular complexity index is 450. The second-order valence-electron chi connectivity index (χ2n) is 6.42. The molecule has 1 aromatic heterocycles. The Labute approximate surface area is 118 Å². The first-order valence-electron chi connectivity index (χ1n) is 6.79. The van der Waals surface area contributed by atoms with Gasteiger partial charge in [0.05, 0.1) is 12.7 Å². The molecule has 1 saturated carbocycles. The minimum atomic E-state index is -0.858. The first-order chi connectivity index (χ1) is 8.85. The van der Waals surface area contributed by atoms with Crippen molar-refractivity contribution in [3.8, 4) is 0 Å². The fraction of sp³-hybridized carbons (Fsp3) is 0.667. The minimum Gasteiger partial charge on any atom is -0.477 e. The maximum absolute atomic E-state index is 10.8. The minimum absolute atomic E-state index is 0.300. The van der Waals surface area contributed by atoms with Crippen molar-refractivity contribution in [1.29, 1.82) is 0 Å². The zero-order valence-corrected chi connectivity index (χ0v) is 12.6. The van der Waals surface area contributed by atoms with Crippen molar-refractivity contribution in [2.75, 3.05) is 0 Å². The predicted molar refractivity (Wildman–Crippen MR) is 76.7 cm³/mol. The van der Waals surface area contributed by atoms with Crippen LogP contribution in [0.4, 0.5) is 0 Å². The topological polar surface area (TPSA) is 46.5 Å². The van der Waals surface area contributed by atoms with Crippen molar-refractivity contribution in [3.63, 3.8) is 0 Å². The highest BCUT2D eigenvalue weighted by atomic mass is 32.1. The lowest BCUT2D eigenvalue weighted by Crippen LogP contribution is -2.32. The Morgan fingerprint density at radius 2 is 2.21 bits per heavy atom. The standard InChI is InChI=1S/C15H22O3S/c1-10-6-11(8-15(2,3)7-10)18-9-12-4-5-13(19-12)14(16)17/h4-5,10-11H,6-9H2,1-3H3,(H,16,17). The van der Waals surface area contributed by atoms with E-state index in [9.17, 15) is 4.79 Å². The molecule has 2 unspecified atom stereocenters. The van der Waals surface area contributed by atoms with Gasteiger partial charge in [0.2, 0.25) is 0 Å². The Kier molecular flexibility index (Phi) is 4.31. The van der Waals surface area contributed by atoms with Gasteiger partial charge in [0, 0.05) is 4.88 Å². The highest BCUT2D eigenvalue weighted by molar-refractivity contribution is 7.13. The van der Waals surface area contributed by atoms with Gasteiger partial charge in [0.1, 0.15) is 4.88 Å². The summed E-state index contributed by atoms with van der Waals surface area (Å²) < 4.78 is 5.99. The summed E-state index contributed by atoms with van der Waals surface area (Å²) in [7, 11) is 0. The van der Waals surface area contributed by atoms with E-state index in [1.165, 1.54) is 17.8 Å². The van der Waals surface area contributed by atoms with E-state index in [1.807, 2.05) is 6.07 Å². The molecule has 0 aliphatic heterocycles. The third-order valence-corrected chi connectivity index (χ3v) is 4.73. The molecule has 19 heavy (non-hydrogen) atoms. The molecule has 0 radical (unpaired) electrons. The van der Waals surface area contributed by atoms with Crippen molar-refractivity contribution in [2.24, 2.45) is 11.3 Å². The molecule has 0 saturated heterocycles. The molecule has 4 heteroatoms. The molecule has 1 aliphatic rings. The Morgan fingerprint density at radius 3 is 2.79 bits per heavy atom. The summed E-state index contributed by atoms with van der Waals surface area (Å²) in [6, 6.07) is 3.50. The number of ether oxygens (including phenoxy) is 1. The highest BCUT2D eigenvalue weighted by Crippen LogP contribution is 2.40. The summed E-state index contributed by atoms with van der Waals surface area (Å²) in [6.07, 6.45) is 3.76. The number of hydrogen-bond acceptors (Lipinski definition) is 3. The average molecular weight is 282 g/mol. The molecule has 106 valence electrons. The van der Waals surface area contributed by atoms with Gasteiger partial charge < -0.3 is 9.84 Å². The van der Waals surface area contributed by atoms with Crippen LogP contribution in [-0.4, -0.2) is 17.2 Å². The molecular formula is C15H22O3S. The fourth-order valence-corrected chi connectivity index (χ4v) is 3.92. The van der Waals surface area contributed by atoms with Gasteiger partial charge in [-0.1, -0.05) is 20.8 Å². The molecule has 1 heterocycles. The summed E-state index contributed by atoms with van der Waals surface area (Å²) in [5, 5.41) is 8.89. The summed E-state index contributed by atoms with van der Waals surface area (Å²) in [5.74, 6) is -0.157. The van der Waals surface area contributed by atoms with Crippen LogP contribution in [-0.2, 0) is 11.3 Å². The van der Waals surface area contributed by atoms with E-state index in [1.54, 1.807) is 6.07 Å². The zero-order valence-electron chi connectivity index (χ0n) is 11.8. The molecule has 3 nitrogen and oxygen atoms in total. The summed E-state index contributed by atoms with van der Waals surface area (Å²) in [5.41, 5.74) is 0.351. The van der Waals surface area contributed by atoms with Gasteiger partial charge in [-0.05, 0) is 42.7 Å². The van der Waals surface area contributed by atoms with Crippen LogP contribution in [0.25, 0.3) is 0 Å². The third-order valence-electron chi connectivity index (χ3n) is 3.68. The molecule has 1 N–H and O–H groups in total. The highest BCUT2D eigenvalue weighted by Gasteiger charge is 2.32. The maximum Gasteiger partial charge on any atom is 0.345 e. The zero-order chi connectivity index (χ0) is 14.0. The van der Waals surface area contributed by atoms with Gasteiger partial charge in [-0.3, -0.25) is 0 Å². The number of hydrogen-bond donors (Lipinski definition) is 1. The molecule has 1 aromatic rings. The van der Waals surface area contributed by atoms with E-state index in [0.29, 0.717) is 28.9 Å². The SMILES string of the molecule is CC1CC(OCc2ccc(C(=O)O)s2)CC(C)(C)C1. The largest absolute Gasteiger partial charge is 0.477 e. The van der Waals surface area contributed by atoms with Gasteiger partial charge >= 0.3 is 5.97 Å². The van der Waals surface area contributed by atoms with Crippen LogP contribution in [0.15, 0.2) is 12.1 Å². The van der Waals surface area contributed by atoms with E-state index in [4.69, 9.17) is 9.84 Å². The molecular weight excluding hydrogens is 260 g/mol. The third kappa shape index (κ3) is 4.05. The van der Waals surface area contributed by atoms with Crippen molar-refractivity contribution in [1.82, 2.24) is 0 Å². The molecule has 0 amide bonds. The van der Waals surface area contributed by atoms with Crippen molar-refractivity contribution >= 4 is 17.3 Å². The molecule has 0 bridgehead atoms. The first kappa shape index (κ1) is 14.5. The van der Waals surface area contributed by atoms with E-state index < -0.39 is 5.97 Å². The second kappa shape index (κ2) is 5.63. The number of thiophene rings is 1. The molecule has 2 atom stereocenters. The Morgan fingerprint density at radius 1 is 1.47 bits per heavy atom. The Hall–Kier alpha value is -0.870. The summed E-state index contributed by atoms with van der Waals surface area (Å²) in [6.45, 7) is 7.41. The van der Waals surface area contributed by atoms with Gasteiger partial charge in [0.25, 0.3) is 0 Å². The van der Waals surface area contributed by atoms with Crippen LogP contribution >= 0.6 is 11.3 Å². The molecule has 0 aromatic carbocycles. The van der Waals surface area contributed by atoms with Crippen molar-refractivity contribution in [2.45, 2.75) is 52.7 Å². The number of rotatable bonds is 4. The molecule has 0 spiro atoms. The van der Waals surface area contributed by atoms with E-state index >= 15 is 0 Å². The monoisotopic (exact) mass is 282 g/mol. The van der Waals surface area contributed by atoms with E-state index in [-0.39, 0.29) is 0 Å². The smallest absolute Gasteiger partial charge is 0.345 e. The predicted octanol–water partition coefficient (Wildman–Crippen LogP) is 4.18. The summed E-state index contributed by atoms with van der Waals surface area (Å²) in [4.78, 5) is 12.2. The maximum atomic E-state index is 10.8. The van der Waals surface area contributed by atoms with Crippen LogP contribution in [0.3, 0.4) is 0 Å². The lowest BCUT2D eigenvalue weighted by Gasteiger charge is -2.38. The normalized spacial score (nSPS) is 26.3. The average Bonchev–Trinajstić information content (AvgIpc) is 2.72. The van der Waals surface area contributed by atoms with Gasteiger partial charge in [-0.25, -0.2) is 4.79 Å². The van der Waals surface area contributed by atoms with Crippen LogP contribution in [0.5, 0.6) is 0 Å². The lowest BCUT2D eigenvalue weighted by atomic mass is 9.71. The second-order valence-corrected chi connectivity index (χ2v) is 7.59. The van der Waals surface area contributed by atoms with Gasteiger partial charge in [-0.15, -0.1) is 11.3 Å². The summed E-state index contributed by atoms with van der Waals surface area (Å²) >= 11 is 1.31. The van der Waals surface area contributed by atoms with Crippen LogP contribution in [0.1, 0.15) is 54.6 Å². The van der Waals surface area contributed by atoms with E-state index in [0.717, 1.165) is 17.7 Å². The van der Waals surface area contributed by atoms with Crippen molar-refractivity contribution in [3.05, 3.63) is 21.9 Å². The number of carboxylic acids is 1. The van der Waals surface area contributed by atoms with Crippen LogP contribution in [0, 0.1) is 11.3 Å². The van der Waals surface area contributed by atoms with Crippen molar-refractivity contribution < 1.29 is 14.6 Å². The van der Waals surface area contributed by atoms with Gasteiger partial charge in [-0.2, -0.15) is 0 Å². The molecule has 1 aliphatic carbocycles. The molecule has 2 rings (SSSR count). The quantitative estimate of drug-likeness (QED) is 0.901. The van der Waals surface area contributed by atoms with Crippen LogP contribution < -0.4 is 0 Å². The van der Waals surface area contributed by atoms with Crippen LogP contribution in [0.2, 0.25) is 0 Å². The Balaban J connectivity index is 1.89. The van der Waals surface area contributed by atoms with Gasteiger partial charge in [0.15, 0.2) is 0 Å². The first-order valence-corrected chi connectivity index (χ1v) is 7.61. The number of carbonyl (C=O) groups is 1. The molecule has 1 fully saturated rings. The number of carboxylic acid groups (broad SMARTS) is 1. The fourth-order valence-electron chi connectivity index (χ4n) is 3.16. The lowest BCUT2D eigenvalue weighted by molar-refractivity contribution is -0.0306. The van der Waals surface area contributed by atoms with E-state index in [2.05, 4.69) is 20.8 Å².